The molecule has 0 saturated carbocycles. The molecule has 10 nitrogen and oxygen atoms in total. The van der Waals surface area contributed by atoms with E-state index >= 15 is 0 Å². The normalized spacial score (nSPS) is 15.9. The molecule has 4 heterocycles. The minimum absolute atomic E-state index is 0.0312. The minimum Gasteiger partial charge on any atom is -0.395 e. The predicted molar refractivity (Wildman–Crippen MR) is 104 cm³/mol. The molecule has 1 fully saturated rings. The van der Waals surface area contributed by atoms with Crippen LogP contribution in [0.3, 0.4) is 0 Å². The zero-order valence-electron chi connectivity index (χ0n) is 16.5. The van der Waals surface area contributed by atoms with Crippen molar-refractivity contribution >= 4 is 16.9 Å². The summed E-state index contributed by atoms with van der Waals surface area (Å²) in [5.74, 6) is 0.567. The molecule has 3 aromatic rings. The smallest absolute Gasteiger partial charge is 0.332 e. The van der Waals surface area contributed by atoms with Gasteiger partial charge in [-0.05, 0) is 13.8 Å². The lowest BCUT2D eigenvalue weighted by atomic mass is 10.3. The van der Waals surface area contributed by atoms with Crippen LogP contribution >= 0.6 is 0 Å². The third kappa shape index (κ3) is 2.79. The minimum atomic E-state index is -0.366. The molecule has 1 N–H and O–H groups in total. The number of aromatic nitrogens is 5. The Morgan fingerprint density at radius 2 is 1.75 bits per heavy atom. The summed E-state index contributed by atoms with van der Waals surface area (Å²) >= 11 is 0. The van der Waals surface area contributed by atoms with Crippen LogP contribution in [-0.2, 0) is 24.9 Å². The Bertz CT molecular complexity index is 1150. The largest absolute Gasteiger partial charge is 0.395 e. The number of imidazole rings is 2. The molecule has 1 aliphatic rings. The Morgan fingerprint density at radius 3 is 2.43 bits per heavy atom. The van der Waals surface area contributed by atoms with E-state index in [9.17, 15) is 14.7 Å². The van der Waals surface area contributed by atoms with Gasteiger partial charge in [-0.1, -0.05) is 0 Å². The summed E-state index contributed by atoms with van der Waals surface area (Å²) in [6.45, 7) is 8.09. The second-order valence-electron chi connectivity index (χ2n) is 7.22. The summed E-state index contributed by atoms with van der Waals surface area (Å²) in [5, 5.41) is 9.39. The summed E-state index contributed by atoms with van der Waals surface area (Å²) in [6, 6.07) is 0. The monoisotopic (exact) mass is 390 g/mol. The summed E-state index contributed by atoms with van der Waals surface area (Å²) in [7, 11) is 1.64. The van der Waals surface area contributed by atoms with Crippen LogP contribution < -0.4 is 11.2 Å². The average Bonchev–Trinajstić information content (AvgIpc) is 3.19. The summed E-state index contributed by atoms with van der Waals surface area (Å²) < 4.78 is 11.8. The van der Waals surface area contributed by atoms with Crippen molar-refractivity contribution in [3.05, 3.63) is 32.2 Å². The number of morpholine rings is 1. The number of nitrogens with zero attached hydrogens (tertiary/aromatic N) is 6. The molecule has 1 aliphatic heterocycles. The molecule has 152 valence electrons. The number of aliphatic hydroxyl groups excluding tert-OH is 1. The summed E-state index contributed by atoms with van der Waals surface area (Å²) in [5.41, 5.74) is 1.88. The maximum absolute atomic E-state index is 13.3. The first-order chi connectivity index (χ1) is 13.5. The van der Waals surface area contributed by atoms with Gasteiger partial charge in [0.15, 0.2) is 11.2 Å². The summed E-state index contributed by atoms with van der Waals surface area (Å²) in [6.07, 6.45) is 0. The Labute approximate surface area is 161 Å². The molecule has 0 bridgehead atoms. The van der Waals surface area contributed by atoms with Gasteiger partial charge >= 0.3 is 5.69 Å². The first-order valence-electron chi connectivity index (χ1n) is 9.54. The lowest BCUT2D eigenvalue weighted by molar-refractivity contribution is 0.0361. The number of hydrogen-bond acceptors (Lipinski definition) is 6. The van der Waals surface area contributed by atoms with Crippen LogP contribution in [0.5, 0.6) is 0 Å². The van der Waals surface area contributed by atoms with Crippen LogP contribution in [0.2, 0.25) is 0 Å². The van der Waals surface area contributed by atoms with Crippen LogP contribution in [0.1, 0.15) is 11.4 Å². The second-order valence-corrected chi connectivity index (χ2v) is 7.22. The zero-order chi connectivity index (χ0) is 20.0. The molecule has 0 aliphatic carbocycles. The topological polar surface area (TPSA) is 98.9 Å². The van der Waals surface area contributed by atoms with Gasteiger partial charge in [0.1, 0.15) is 0 Å². The van der Waals surface area contributed by atoms with Crippen molar-refractivity contribution in [3.63, 3.8) is 0 Å². The molecule has 1 saturated heterocycles. The SMILES string of the molecule is Cc1c(C)n2c3c(=O)n(CCN4CCOCC4)c(=O)n(C)c3nc2n1CCO. The molecular formula is C18H26N6O4. The highest BCUT2D eigenvalue weighted by Crippen LogP contribution is 2.20. The molecule has 28 heavy (non-hydrogen) atoms. The predicted octanol–water partition coefficient (Wildman–Crippen LogP) is -0.909. The van der Waals surface area contributed by atoms with E-state index in [4.69, 9.17) is 4.74 Å². The van der Waals surface area contributed by atoms with Crippen molar-refractivity contribution in [1.82, 2.24) is 28.0 Å². The third-order valence-electron chi connectivity index (χ3n) is 5.70. The van der Waals surface area contributed by atoms with Crippen molar-refractivity contribution in [2.75, 3.05) is 39.5 Å². The maximum Gasteiger partial charge on any atom is 0.332 e. The van der Waals surface area contributed by atoms with Gasteiger partial charge in [-0.25, -0.2) is 4.79 Å². The molecular weight excluding hydrogens is 364 g/mol. The van der Waals surface area contributed by atoms with Gasteiger partial charge in [0.05, 0.1) is 19.8 Å². The molecule has 3 aromatic heterocycles. The van der Waals surface area contributed by atoms with E-state index in [-0.39, 0.29) is 17.9 Å². The highest BCUT2D eigenvalue weighted by atomic mass is 16.5. The van der Waals surface area contributed by atoms with Crippen molar-refractivity contribution in [2.45, 2.75) is 26.9 Å². The van der Waals surface area contributed by atoms with Gasteiger partial charge < -0.3 is 14.4 Å². The van der Waals surface area contributed by atoms with Crippen molar-refractivity contribution < 1.29 is 9.84 Å². The molecule has 0 amide bonds. The number of hydrogen-bond donors (Lipinski definition) is 1. The molecule has 0 radical (unpaired) electrons. The highest BCUT2D eigenvalue weighted by Gasteiger charge is 2.22. The van der Waals surface area contributed by atoms with Gasteiger partial charge in [-0.2, -0.15) is 4.98 Å². The van der Waals surface area contributed by atoms with E-state index in [0.29, 0.717) is 49.8 Å². The van der Waals surface area contributed by atoms with Gasteiger partial charge in [-0.3, -0.25) is 23.2 Å². The third-order valence-corrected chi connectivity index (χ3v) is 5.70. The van der Waals surface area contributed by atoms with Crippen molar-refractivity contribution in [1.29, 1.82) is 0 Å². The van der Waals surface area contributed by atoms with Gasteiger partial charge in [0.25, 0.3) is 5.56 Å². The first kappa shape index (κ1) is 18.9. The molecule has 0 atom stereocenters. The van der Waals surface area contributed by atoms with E-state index in [2.05, 4.69) is 9.88 Å². The van der Waals surface area contributed by atoms with Crippen LogP contribution in [0, 0.1) is 13.8 Å². The van der Waals surface area contributed by atoms with Crippen LogP contribution in [-0.4, -0.2) is 72.5 Å². The Balaban J connectivity index is 1.88. The fourth-order valence-electron chi connectivity index (χ4n) is 3.95. The Morgan fingerprint density at radius 1 is 1.04 bits per heavy atom. The molecule has 4 rings (SSSR count). The van der Waals surface area contributed by atoms with Crippen molar-refractivity contribution in [2.24, 2.45) is 7.05 Å². The average molecular weight is 390 g/mol. The standard InChI is InChI=1S/C18H26N6O4/c1-12-13(2)24-14-15(19-17(24)22(12)6-9-25)20(3)18(27)23(16(14)26)5-4-21-7-10-28-11-8-21/h25H,4-11H2,1-3H3. The first-order valence-corrected chi connectivity index (χ1v) is 9.54. The van der Waals surface area contributed by atoms with Crippen LogP contribution in [0.4, 0.5) is 0 Å². The molecule has 0 spiro atoms. The van der Waals surface area contributed by atoms with E-state index in [0.717, 1.165) is 24.5 Å². The number of aryl methyl sites for hydroxylation is 2. The maximum atomic E-state index is 13.3. The van der Waals surface area contributed by atoms with E-state index in [1.165, 1.54) is 9.13 Å². The van der Waals surface area contributed by atoms with Gasteiger partial charge in [-0.15, -0.1) is 0 Å². The number of aliphatic hydroxyl groups is 1. The fraction of sp³-hybridized carbons (Fsp3) is 0.611. The van der Waals surface area contributed by atoms with E-state index in [1.54, 1.807) is 11.4 Å². The van der Waals surface area contributed by atoms with Gasteiger partial charge in [0.2, 0.25) is 5.78 Å². The van der Waals surface area contributed by atoms with Gasteiger partial charge in [0, 0.05) is 51.2 Å². The quantitative estimate of drug-likeness (QED) is 0.606. The molecule has 10 heteroatoms. The lowest BCUT2D eigenvalue weighted by Gasteiger charge is -2.26. The Kier molecular flexibility index (Phi) is 4.86. The number of rotatable bonds is 5. The highest BCUT2D eigenvalue weighted by molar-refractivity contribution is 5.76. The molecule has 0 unspecified atom stereocenters. The van der Waals surface area contributed by atoms with Crippen LogP contribution in [0.15, 0.2) is 9.59 Å². The zero-order valence-corrected chi connectivity index (χ0v) is 16.5. The van der Waals surface area contributed by atoms with E-state index < -0.39 is 0 Å². The van der Waals surface area contributed by atoms with Crippen molar-refractivity contribution in [3.8, 4) is 0 Å². The summed E-state index contributed by atoms with van der Waals surface area (Å²) in [4.78, 5) is 32.8. The van der Waals surface area contributed by atoms with E-state index in [1.807, 2.05) is 18.4 Å². The Hall–Kier alpha value is -2.43. The number of fused-ring (bicyclic) bond motifs is 3. The fourth-order valence-corrected chi connectivity index (χ4v) is 3.95. The second kappa shape index (κ2) is 7.19. The molecule has 0 aromatic carbocycles. The lowest BCUT2D eigenvalue weighted by Crippen LogP contribution is -2.44. The van der Waals surface area contributed by atoms with Crippen LogP contribution in [0.25, 0.3) is 16.9 Å². The number of ether oxygens (including phenoxy) is 1.